The van der Waals surface area contributed by atoms with Crippen molar-refractivity contribution in [2.24, 2.45) is 5.92 Å². The van der Waals surface area contributed by atoms with Gasteiger partial charge in [-0.25, -0.2) is 4.79 Å². The number of methoxy groups -OCH3 is 1. The summed E-state index contributed by atoms with van der Waals surface area (Å²) in [5.74, 6) is -1.59. The zero-order valence-electron chi connectivity index (χ0n) is 15.4. The zero-order valence-corrected chi connectivity index (χ0v) is 17.0. The van der Waals surface area contributed by atoms with Crippen molar-refractivity contribution in [1.82, 2.24) is 0 Å². The van der Waals surface area contributed by atoms with Crippen LogP contribution >= 0.6 is 23.1 Å². The number of nitrogens with one attached hydrogen (secondary N) is 2. The zero-order chi connectivity index (χ0) is 19.7. The molecule has 0 saturated heterocycles. The van der Waals surface area contributed by atoms with Gasteiger partial charge in [-0.15, -0.1) is 23.1 Å². The maximum absolute atomic E-state index is 12.8. The highest BCUT2D eigenvalue weighted by atomic mass is 32.2. The van der Waals surface area contributed by atoms with E-state index < -0.39 is 17.1 Å². The van der Waals surface area contributed by atoms with Gasteiger partial charge in [-0.2, -0.15) is 0 Å². The molecule has 2 aromatic rings. The molecule has 1 aromatic heterocycles. The summed E-state index contributed by atoms with van der Waals surface area (Å²) in [6.07, 6.45) is 0. The number of carbonyl (C=O) groups is 3. The van der Waals surface area contributed by atoms with Crippen LogP contribution in [0.2, 0.25) is 0 Å². The molecular weight excluding hydrogens is 384 g/mol. The van der Waals surface area contributed by atoms with Crippen LogP contribution in [0.4, 0.5) is 10.7 Å². The Morgan fingerprint density at radius 3 is 2.67 bits per heavy atom. The lowest BCUT2D eigenvalue weighted by molar-refractivity contribution is -0.123. The van der Waals surface area contributed by atoms with Gasteiger partial charge in [0.25, 0.3) is 0 Å². The minimum Gasteiger partial charge on any atom is -0.465 e. The third-order valence-corrected chi connectivity index (χ3v) is 7.15. The molecule has 2 N–H and O–H groups in total. The normalized spacial score (nSPS) is 16.9. The molecule has 3 rings (SSSR count). The number of thioether (sulfide) groups is 1. The van der Waals surface area contributed by atoms with E-state index in [4.69, 9.17) is 4.74 Å². The number of ether oxygens (including phenoxy) is 1. The smallest absolute Gasteiger partial charge is 0.341 e. The molecule has 2 unspecified atom stereocenters. The average molecular weight is 405 g/mol. The van der Waals surface area contributed by atoms with Crippen molar-refractivity contribution >= 4 is 51.6 Å². The van der Waals surface area contributed by atoms with Crippen molar-refractivity contribution in [3.05, 3.63) is 40.3 Å². The van der Waals surface area contributed by atoms with Gasteiger partial charge >= 0.3 is 5.97 Å². The molecule has 6 nitrogen and oxygen atoms in total. The largest absolute Gasteiger partial charge is 0.465 e. The quantitative estimate of drug-likeness (QED) is 0.757. The number of carbonyl (C=O) groups excluding carboxylic acids is 3. The van der Waals surface area contributed by atoms with Crippen LogP contribution in [0.1, 0.15) is 27.7 Å². The number of rotatable bonds is 4. The van der Waals surface area contributed by atoms with E-state index >= 15 is 0 Å². The molecule has 2 amide bonds. The lowest BCUT2D eigenvalue weighted by atomic mass is 10.1. The van der Waals surface area contributed by atoms with Crippen LogP contribution < -0.4 is 10.6 Å². The Hall–Kier alpha value is -2.32. The number of aryl methyl sites for hydroxylation is 1. The Morgan fingerprint density at radius 1 is 1.26 bits per heavy atom. The van der Waals surface area contributed by atoms with Gasteiger partial charge < -0.3 is 15.4 Å². The van der Waals surface area contributed by atoms with Crippen molar-refractivity contribution < 1.29 is 19.1 Å². The van der Waals surface area contributed by atoms with Gasteiger partial charge in [-0.05, 0) is 31.5 Å². The first-order valence-electron chi connectivity index (χ1n) is 8.39. The summed E-state index contributed by atoms with van der Waals surface area (Å²) in [5, 5.41) is 5.57. The highest BCUT2D eigenvalue weighted by Gasteiger charge is 2.35. The molecule has 0 saturated carbocycles. The Balaban J connectivity index is 1.80. The maximum Gasteiger partial charge on any atom is 0.341 e. The van der Waals surface area contributed by atoms with Gasteiger partial charge in [0.15, 0.2) is 0 Å². The molecule has 142 valence electrons. The molecule has 2 atom stereocenters. The van der Waals surface area contributed by atoms with Crippen LogP contribution in [0.3, 0.4) is 0 Å². The summed E-state index contributed by atoms with van der Waals surface area (Å²) in [6, 6.07) is 7.50. The Bertz CT molecular complexity index is 922. The number of hydrogen-bond donors (Lipinski definition) is 2. The van der Waals surface area contributed by atoms with Crippen molar-refractivity contribution in [3.63, 3.8) is 0 Å². The number of hydrogen-bond acceptors (Lipinski definition) is 6. The van der Waals surface area contributed by atoms with E-state index in [0.29, 0.717) is 10.6 Å². The minimum absolute atomic E-state index is 0.201. The topological polar surface area (TPSA) is 84.5 Å². The van der Waals surface area contributed by atoms with Crippen LogP contribution in [0, 0.1) is 19.8 Å². The Morgan fingerprint density at radius 2 is 1.96 bits per heavy atom. The molecule has 2 heterocycles. The fraction of sp³-hybridized carbons (Fsp3) is 0.316. The first-order chi connectivity index (χ1) is 12.8. The summed E-state index contributed by atoms with van der Waals surface area (Å²) in [4.78, 5) is 39.2. The van der Waals surface area contributed by atoms with Gasteiger partial charge in [0, 0.05) is 9.77 Å². The van der Waals surface area contributed by atoms with Gasteiger partial charge in [0.05, 0.1) is 29.5 Å². The van der Waals surface area contributed by atoms with E-state index in [0.717, 1.165) is 21.0 Å². The molecule has 0 bridgehead atoms. The molecule has 1 aliphatic rings. The predicted octanol–water partition coefficient (Wildman–Crippen LogP) is 3.84. The molecule has 8 heteroatoms. The van der Waals surface area contributed by atoms with Crippen LogP contribution in [-0.4, -0.2) is 30.1 Å². The first kappa shape index (κ1) is 19.4. The summed E-state index contributed by atoms with van der Waals surface area (Å²) in [5.41, 5.74) is 1.91. The van der Waals surface area contributed by atoms with E-state index in [1.165, 1.54) is 30.2 Å². The summed E-state index contributed by atoms with van der Waals surface area (Å²) >= 11 is 2.70. The van der Waals surface area contributed by atoms with E-state index in [1.807, 2.05) is 38.1 Å². The molecule has 1 aromatic carbocycles. The third-order valence-electron chi connectivity index (χ3n) is 4.54. The number of anilines is 2. The molecule has 0 radical (unpaired) electrons. The summed E-state index contributed by atoms with van der Waals surface area (Å²) in [7, 11) is 1.31. The van der Waals surface area contributed by atoms with E-state index in [-0.39, 0.29) is 11.8 Å². The van der Waals surface area contributed by atoms with Crippen LogP contribution in [-0.2, 0) is 14.3 Å². The number of amides is 2. The second-order valence-electron chi connectivity index (χ2n) is 6.28. The van der Waals surface area contributed by atoms with Gasteiger partial charge in [0.2, 0.25) is 11.8 Å². The van der Waals surface area contributed by atoms with Crippen molar-refractivity contribution in [3.8, 4) is 0 Å². The number of esters is 1. The van der Waals surface area contributed by atoms with Crippen molar-refractivity contribution in [2.75, 3.05) is 17.7 Å². The van der Waals surface area contributed by atoms with Crippen molar-refractivity contribution in [2.45, 2.75) is 30.9 Å². The standard InChI is InChI=1S/C19H20N2O4S2/c1-9-11(3)26-18(14(9)19(24)25-4)21-16(22)10(2)15-17(23)20-12-7-5-6-8-13(12)27-15/h5-8,10,15H,1-4H3,(H,20,23)(H,21,22). The number of thiophene rings is 1. The second-order valence-corrected chi connectivity index (χ2v) is 8.69. The fourth-order valence-corrected chi connectivity index (χ4v) is 5.04. The first-order valence-corrected chi connectivity index (χ1v) is 10.1. The van der Waals surface area contributed by atoms with E-state index in [1.54, 1.807) is 6.92 Å². The van der Waals surface area contributed by atoms with E-state index in [9.17, 15) is 14.4 Å². The summed E-state index contributed by atoms with van der Waals surface area (Å²) in [6.45, 7) is 5.41. The van der Waals surface area contributed by atoms with Crippen LogP contribution in [0.5, 0.6) is 0 Å². The Labute approximate surface area is 165 Å². The van der Waals surface area contributed by atoms with E-state index in [2.05, 4.69) is 10.6 Å². The highest BCUT2D eigenvalue weighted by molar-refractivity contribution is 8.01. The molecule has 0 spiro atoms. The number of fused-ring (bicyclic) bond motifs is 1. The molecule has 0 fully saturated rings. The minimum atomic E-state index is -0.587. The maximum atomic E-state index is 12.8. The van der Waals surface area contributed by atoms with Crippen LogP contribution in [0.25, 0.3) is 0 Å². The lowest BCUT2D eigenvalue weighted by Gasteiger charge is -2.27. The second kappa shape index (κ2) is 7.74. The predicted molar refractivity (Wildman–Crippen MR) is 108 cm³/mol. The number of para-hydroxylation sites is 1. The Kier molecular flexibility index (Phi) is 5.57. The van der Waals surface area contributed by atoms with Crippen molar-refractivity contribution in [1.29, 1.82) is 0 Å². The monoisotopic (exact) mass is 404 g/mol. The molecule has 1 aliphatic heterocycles. The molecule has 27 heavy (non-hydrogen) atoms. The fourth-order valence-electron chi connectivity index (χ4n) is 2.82. The van der Waals surface area contributed by atoms with Gasteiger partial charge in [0.1, 0.15) is 5.00 Å². The third kappa shape index (κ3) is 3.72. The summed E-state index contributed by atoms with van der Waals surface area (Å²) < 4.78 is 4.83. The lowest BCUT2D eigenvalue weighted by Crippen LogP contribution is -2.39. The number of benzene rings is 1. The average Bonchev–Trinajstić information content (AvgIpc) is 2.93. The van der Waals surface area contributed by atoms with Gasteiger partial charge in [-0.1, -0.05) is 19.1 Å². The molecular formula is C19H20N2O4S2. The highest BCUT2D eigenvalue weighted by Crippen LogP contribution is 2.39. The van der Waals surface area contributed by atoms with Gasteiger partial charge in [-0.3, -0.25) is 9.59 Å². The molecule has 0 aliphatic carbocycles. The SMILES string of the molecule is COC(=O)c1c(NC(=O)C(C)C2Sc3ccccc3NC2=O)sc(C)c1C. The van der Waals surface area contributed by atoms with Crippen LogP contribution in [0.15, 0.2) is 29.2 Å².